The number of benzene rings is 3. The van der Waals surface area contributed by atoms with Crippen LogP contribution in [0.5, 0.6) is 0 Å². The predicted octanol–water partition coefficient (Wildman–Crippen LogP) is 8.30. The highest BCUT2D eigenvalue weighted by Gasteiger charge is 2.41. The molecular weight excluding hydrogens is 806 g/mol. The number of halogens is 1. The van der Waals surface area contributed by atoms with Crippen LogP contribution in [0, 0.1) is 23.7 Å². The quantitative estimate of drug-likeness (QED) is 0.123. The lowest BCUT2D eigenvalue weighted by Crippen LogP contribution is -2.45. The van der Waals surface area contributed by atoms with Gasteiger partial charge < -0.3 is 24.2 Å². The molecule has 0 aromatic heterocycles. The van der Waals surface area contributed by atoms with Crippen LogP contribution >= 0.6 is 11.6 Å². The summed E-state index contributed by atoms with van der Waals surface area (Å²) >= 11 is 6.35. The number of carbonyl (C=O) groups is 6. The summed E-state index contributed by atoms with van der Waals surface area (Å²) in [5.74, 6) is -2.37. The molecule has 3 aliphatic heterocycles. The second-order valence-electron chi connectivity index (χ2n) is 17.9. The Kier molecular flexibility index (Phi) is 15.7. The van der Waals surface area contributed by atoms with Gasteiger partial charge in [-0.15, -0.1) is 0 Å². The number of ether oxygens (including phenoxy) is 2. The summed E-state index contributed by atoms with van der Waals surface area (Å²) in [5.41, 5.74) is 5.07. The van der Waals surface area contributed by atoms with Crippen LogP contribution in [0.1, 0.15) is 113 Å². The zero-order valence-corrected chi connectivity index (χ0v) is 37.8. The van der Waals surface area contributed by atoms with Crippen LogP contribution in [0.15, 0.2) is 72.8 Å². The van der Waals surface area contributed by atoms with Gasteiger partial charge in [0.15, 0.2) is 11.6 Å². The number of nitrogens with zero attached hydrogens (tertiary/aromatic N) is 3. The van der Waals surface area contributed by atoms with Gasteiger partial charge in [0.05, 0.1) is 63.1 Å². The van der Waals surface area contributed by atoms with Crippen molar-refractivity contribution in [2.75, 3.05) is 32.2 Å². The standard InChI is InChI=1S/C50H62ClN3O8/c1-31(2)39(29-47(57)61-5)49(59)52-25-7-9-43(52)45(55)27-33-11-15-35(16-12-33)41-23-24-42(54(41)38-21-19-37(51)20-22-38)36-17-13-34(14-18-36)28-46(56)44-10-8-26-53(44)50(60)40(32(3)4)30-48(58)62-6/h11-22,31-32,39-44H,7-10,23-30H2,1-6H3/t39-,40-,41+,42+,43-,44-/m0/s1. The summed E-state index contributed by atoms with van der Waals surface area (Å²) in [6, 6.07) is 23.5. The molecule has 6 rings (SSSR count). The van der Waals surface area contributed by atoms with Gasteiger partial charge in [-0.25, -0.2) is 0 Å². The number of carbonyl (C=O) groups excluding carboxylic acids is 6. The Morgan fingerprint density at radius 1 is 0.581 bits per heavy atom. The van der Waals surface area contributed by atoms with Crippen molar-refractivity contribution >= 4 is 52.6 Å². The molecule has 0 N–H and O–H groups in total. The maximum Gasteiger partial charge on any atom is 0.306 e. The van der Waals surface area contributed by atoms with Gasteiger partial charge in [-0.3, -0.25) is 28.8 Å². The van der Waals surface area contributed by atoms with E-state index in [4.69, 9.17) is 21.1 Å². The second kappa shape index (κ2) is 20.9. The Morgan fingerprint density at radius 2 is 0.968 bits per heavy atom. The zero-order valence-electron chi connectivity index (χ0n) is 37.0. The van der Waals surface area contributed by atoms with Crippen molar-refractivity contribution < 1.29 is 38.2 Å². The average Bonchev–Trinajstić information content (AvgIpc) is 4.06. The summed E-state index contributed by atoms with van der Waals surface area (Å²) in [7, 11) is 2.64. The van der Waals surface area contributed by atoms with Crippen LogP contribution in [0.2, 0.25) is 5.02 Å². The SMILES string of the molecule is COC(=O)C[C@H](C(=O)N1CCC[C@H]1C(=O)Cc1ccc([C@H]2CC[C@H](c3ccc(CC(=O)[C@@H]4CCCN4C(=O)[C@@H](CC(=O)OC)C(C)C)cc3)N2c2ccc(Cl)cc2)cc1)C(C)C. The lowest BCUT2D eigenvalue weighted by molar-refractivity contribution is -0.149. The lowest BCUT2D eigenvalue weighted by Gasteiger charge is -2.33. The number of rotatable bonds is 17. The average molecular weight is 869 g/mol. The highest BCUT2D eigenvalue weighted by atomic mass is 35.5. The maximum atomic E-state index is 13.7. The number of hydrogen-bond acceptors (Lipinski definition) is 9. The number of ketones is 2. The first-order chi connectivity index (χ1) is 29.7. The Morgan fingerprint density at radius 3 is 1.32 bits per heavy atom. The number of Topliss-reactive ketones (excluding diaryl/α,β-unsaturated/α-hetero) is 2. The van der Waals surface area contributed by atoms with Crippen molar-refractivity contribution in [3.05, 3.63) is 100 Å². The second-order valence-corrected chi connectivity index (χ2v) is 18.3. The van der Waals surface area contributed by atoms with Crippen LogP contribution in [0.3, 0.4) is 0 Å². The first-order valence-corrected chi connectivity index (χ1v) is 22.6. The fraction of sp³-hybridized carbons (Fsp3) is 0.520. The molecule has 0 aliphatic carbocycles. The zero-order chi connectivity index (χ0) is 44.7. The largest absolute Gasteiger partial charge is 0.469 e. The minimum absolute atomic E-state index is 0.00153. The molecule has 0 saturated carbocycles. The van der Waals surface area contributed by atoms with Gasteiger partial charge in [0, 0.05) is 36.6 Å². The molecular formula is C50H62ClN3O8. The minimum Gasteiger partial charge on any atom is -0.469 e. The number of likely N-dealkylation sites (tertiary alicyclic amines) is 2. The highest BCUT2D eigenvalue weighted by molar-refractivity contribution is 6.30. The number of anilines is 1. The monoisotopic (exact) mass is 867 g/mol. The van der Waals surface area contributed by atoms with Crippen LogP contribution in [0.4, 0.5) is 5.69 Å². The maximum absolute atomic E-state index is 13.7. The van der Waals surface area contributed by atoms with Crippen molar-refractivity contribution in [1.29, 1.82) is 0 Å². The fourth-order valence-electron chi connectivity index (χ4n) is 9.69. The van der Waals surface area contributed by atoms with E-state index >= 15 is 0 Å². The lowest BCUT2D eigenvalue weighted by atomic mass is 9.90. The van der Waals surface area contributed by atoms with Gasteiger partial charge in [0.1, 0.15) is 0 Å². The normalized spacial score (nSPS) is 21.0. The Balaban J connectivity index is 1.13. The van der Waals surface area contributed by atoms with E-state index in [9.17, 15) is 28.8 Å². The third-order valence-corrected chi connectivity index (χ3v) is 13.5. The van der Waals surface area contributed by atoms with Gasteiger partial charge in [0.2, 0.25) is 11.8 Å². The molecule has 62 heavy (non-hydrogen) atoms. The molecule has 11 nitrogen and oxygen atoms in total. The smallest absolute Gasteiger partial charge is 0.306 e. The van der Waals surface area contributed by atoms with Gasteiger partial charge >= 0.3 is 11.9 Å². The number of hydrogen-bond donors (Lipinski definition) is 0. The van der Waals surface area contributed by atoms with Crippen molar-refractivity contribution in [2.45, 2.75) is 116 Å². The van der Waals surface area contributed by atoms with E-state index in [-0.39, 0.29) is 73.0 Å². The van der Waals surface area contributed by atoms with Crippen molar-refractivity contribution in [3.8, 4) is 0 Å². The van der Waals surface area contributed by atoms with Gasteiger partial charge in [-0.1, -0.05) is 87.8 Å². The van der Waals surface area contributed by atoms with E-state index in [2.05, 4.69) is 29.2 Å². The summed E-state index contributed by atoms with van der Waals surface area (Å²) < 4.78 is 9.71. The van der Waals surface area contributed by atoms with Crippen molar-refractivity contribution in [3.63, 3.8) is 0 Å². The number of amides is 2. The van der Waals surface area contributed by atoms with Crippen molar-refractivity contribution in [1.82, 2.24) is 9.80 Å². The molecule has 0 unspecified atom stereocenters. The first kappa shape index (κ1) is 46.5. The summed E-state index contributed by atoms with van der Waals surface area (Å²) in [4.78, 5) is 84.7. The molecule has 3 aromatic carbocycles. The third kappa shape index (κ3) is 10.8. The molecule has 3 aliphatic rings. The van der Waals surface area contributed by atoms with Crippen LogP contribution < -0.4 is 4.90 Å². The molecule has 332 valence electrons. The predicted molar refractivity (Wildman–Crippen MR) is 238 cm³/mol. The van der Waals surface area contributed by atoms with E-state index in [0.717, 1.165) is 53.6 Å². The molecule has 0 radical (unpaired) electrons. The fourth-order valence-corrected chi connectivity index (χ4v) is 9.82. The van der Waals surface area contributed by atoms with E-state index < -0.39 is 35.9 Å². The molecule has 3 saturated heterocycles. The van der Waals surface area contributed by atoms with E-state index in [1.807, 2.05) is 76.2 Å². The Labute approximate surface area is 371 Å². The molecule has 12 heteroatoms. The van der Waals surface area contributed by atoms with E-state index in [1.165, 1.54) is 14.2 Å². The summed E-state index contributed by atoms with van der Waals surface area (Å²) in [6.07, 6.45) is 4.93. The van der Waals surface area contributed by atoms with Crippen LogP contribution in [-0.4, -0.2) is 84.5 Å². The van der Waals surface area contributed by atoms with Crippen LogP contribution in [-0.2, 0) is 51.1 Å². The van der Waals surface area contributed by atoms with E-state index in [0.29, 0.717) is 31.0 Å². The highest BCUT2D eigenvalue weighted by Crippen LogP contribution is 2.47. The van der Waals surface area contributed by atoms with Crippen molar-refractivity contribution in [2.24, 2.45) is 23.7 Å². The number of methoxy groups -OCH3 is 2. The van der Waals surface area contributed by atoms with Crippen LogP contribution in [0.25, 0.3) is 0 Å². The van der Waals surface area contributed by atoms with Gasteiger partial charge in [0.25, 0.3) is 0 Å². The third-order valence-electron chi connectivity index (χ3n) is 13.3. The van der Waals surface area contributed by atoms with Gasteiger partial charge in [-0.2, -0.15) is 0 Å². The molecule has 3 aromatic rings. The molecule has 0 spiro atoms. The summed E-state index contributed by atoms with van der Waals surface area (Å²) in [6.45, 7) is 8.67. The van der Waals surface area contributed by atoms with E-state index in [1.54, 1.807) is 9.80 Å². The topological polar surface area (TPSA) is 131 Å². The molecule has 0 bridgehead atoms. The minimum atomic E-state index is -0.535. The Hall–Kier alpha value is -5.03. The number of esters is 2. The first-order valence-electron chi connectivity index (χ1n) is 22.2. The molecule has 6 atom stereocenters. The Bertz CT molecular complexity index is 1940. The van der Waals surface area contributed by atoms with Gasteiger partial charge in [-0.05, 0) is 96.9 Å². The molecule has 2 amide bonds. The summed E-state index contributed by atoms with van der Waals surface area (Å²) in [5, 5.41) is 0.653. The molecule has 3 heterocycles. The molecule has 3 fully saturated rings.